The van der Waals surface area contributed by atoms with Crippen LogP contribution < -0.4 is 0 Å². The van der Waals surface area contributed by atoms with Crippen LogP contribution in [0.15, 0.2) is 0 Å². The topological polar surface area (TPSA) is 46.5 Å². The summed E-state index contributed by atoms with van der Waals surface area (Å²) >= 11 is 0. The molecule has 32 heavy (non-hydrogen) atoms. The minimum absolute atomic E-state index is 0.0792. The summed E-state index contributed by atoms with van der Waals surface area (Å²) in [5, 5.41) is 9.78. The fraction of sp³-hybridized carbons (Fsp3) is 0.966. The lowest BCUT2D eigenvalue weighted by Gasteiger charge is -2.55. The molecule has 0 bridgehead atoms. The molecule has 0 saturated heterocycles. The van der Waals surface area contributed by atoms with Gasteiger partial charge in [0.25, 0.3) is 0 Å². The molecule has 3 rings (SSSR count). The van der Waals surface area contributed by atoms with Gasteiger partial charge in [0.1, 0.15) is 5.78 Å². The van der Waals surface area contributed by atoms with Crippen molar-refractivity contribution in [2.24, 2.45) is 40.4 Å². The number of Topliss-reactive ketones (excluding diaryl/α,β-unsaturated/α-hetero) is 1. The highest BCUT2D eigenvalue weighted by atomic mass is 16.5. The number of hydrogen-bond donors (Lipinski definition) is 1. The van der Waals surface area contributed by atoms with Crippen LogP contribution in [-0.2, 0) is 9.53 Å². The zero-order chi connectivity index (χ0) is 23.5. The first-order valence-corrected chi connectivity index (χ1v) is 14.0. The fourth-order valence-corrected chi connectivity index (χ4v) is 8.40. The number of aliphatic hydroxyl groups is 1. The van der Waals surface area contributed by atoms with Crippen LogP contribution in [0.3, 0.4) is 0 Å². The molecule has 3 nitrogen and oxygen atoms in total. The summed E-state index contributed by atoms with van der Waals surface area (Å²) in [5.74, 6) is 3.62. The van der Waals surface area contributed by atoms with Crippen molar-refractivity contribution < 1.29 is 14.6 Å². The van der Waals surface area contributed by atoms with Gasteiger partial charge in [-0.05, 0) is 106 Å². The molecule has 3 fully saturated rings. The molecular formula is C29H52O3. The van der Waals surface area contributed by atoms with Crippen molar-refractivity contribution in [2.45, 2.75) is 131 Å². The Morgan fingerprint density at radius 3 is 2.22 bits per heavy atom. The van der Waals surface area contributed by atoms with Gasteiger partial charge in [-0.25, -0.2) is 0 Å². The largest absolute Gasteiger partial charge is 0.393 e. The predicted octanol–water partition coefficient (Wildman–Crippen LogP) is 7.20. The van der Waals surface area contributed by atoms with E-state index in [1.54, 1.807) is 0 Å². The van der Waals surface area contributed by atoms with E-state index in [4.69, 9.17) is 4.74 Å². The van der Waals surface area contributed by atoms with Crippen LogP contribution in [0.5, 0.6) is 0 Å². The molecule has 0 spiro atoms. The number of carbonyl (C=O) groups excluding carboxylic acids is 1. The van der Waals surface area contributed by atoms with E-state index >= 15 is 0 Å². The molecule has 0 aliphatic heterocycles. The molecule has 0 aromatic rings. The van der Waals surface area contributed by atoms with Gasteiger partial charge in [-0.1, -0.05) is 47.5 Å². The minimum atomic E-state index is -0.132. The van der Waals surface area contributed by atoms with E-state index in [0.29, 0.717) is 41.0 Å². The second kappa shape index (κ2) is 10.9. The molecule has 186 valence electrons. The highest BCUT2D eigenvalue weighted by molar-refractivity contribution is 5.82. The van der Waals surface area contributed by atoms with Gasteiger partial charge in [-0.15, -0.1) is 0 Å². The predicted molar refractivity (Wildman–Crippen MR) is 133 cm³/mol. The smallest absolute Gasteiger partial charge is 0.135 e. The molecule has 3 aliphatic carbocycles. The van der Waals surface area contributed by atoms with Gasteiger partial charge < -0.3 is 9.84 Å². The Morgan fingerprint density at radius 2 is 1.62 bits per heavy atom. The van der Waals surface area contributed by atoms with E-state index in [0.717, 1.165) is 51.0 Å². The number of aliphatic hydroxyl groups excluding tert-OH is 1. The third-order valence-corrected chi connectivity index (χ3v) is 10.8. The van der Waals surface area contributed by atoms with Crippen LogP contribution in [0.4, 0.5) is 0 Å². The van der Waals surface area contributed by atoms with Gasteiger partial charge in [-0.2, -0.15) is 0 Å². The van der Waals surface area contributed by atoms with Gasteiger partial charge in [0.15, 0.2) is 0 Å². The molecular weight excluding hydrogens is 396 g/mol. The maximum Gasteiger partial charge on any atom is 0.135 e. The van der Waals surface area contributed by atoms with Crippen molar-refractivity contribution in [3.05, 3.63) is 0 Å². The third kappa shape index (κ3) is 5.29. The van der Waals surface area contributed by atoms with Gasteiger partial charge in [0.05, 0.1) is 12.2 Å². The Bertz CT molecular complexity index is 610. The second-order valence-electron chi connectivity index (χ2n) is 12.3. The van der Waals surface area contributed by atoms with Gasteiger partial charge >= 0.3 is 0 Å². The Hall–Kier alpha value is -0.410. The first-order valence-electron chi connectivity index (χ1n) is 14.0. The summed E-state index contributed by atoms with van der Waals surface area (Å²) < 4.78 is 6.52. The van der Waals surface area contributed by atoms with Crippen molar-refractivity contribution in [2.75, 3.05) is 6.61 Å². The maximum atomic E-state index is 12.6. The zero-order valence-electron chi connectivity index (χ0n) is 22.0. The van der Waals surface area contributed by atoms with Crippen LogP contribution in [0.2, 0.25) is 0 Å². The Balaban J connectivity index is 1.67. The summed E-state index contributed by atoms with van der Waals surface area (Å²) in [4.78, 5) is 12.6. The van der Waals surface area contributed by atoms with E-state index < -0.39 is 0 Å². The van der Waals surface area contributed by atoms with Crippen LogP contribution in [0.1, 0.15) is 119 Å². The number of ketones is 1. The fourth-order valence-electron chi connectivity index (χ4n) is 8.40. The van der Waals surface area contributed by atoms with Crippen LogP contribution in [0, 0.1) is 40.4 Å². The molecule has 3 aliphatic rings. The molecule has 0 aromatic carbocycles. The first kappa shape index (κ1) is 26.2. The summed E-state index contributed by atoms with van der Waals surface area (Å²) in [6.07, 6.45) is 14.0. The van der Waals surface area contributed by atoms with Crippen LogP contribution in [-0.4, -0.2) is 29.7 Å². The first-order chi connectivity index (χ1) is 15.2. The second-order valence-corrected chi connectivity index (χ2v) is 12.3. The molecule has 1 N–H and O–H groups in total. The number of hydrogen-bond acceptors (Lipinski definition) is 3. The average molecular weight is 449 g/mol. The van der Waals surface area contributed by atoms with Crippen LogP contribution >= 0.6 is 0 Å². The monoisotopic (exact) mass is 448 g/mol. The molecule has 0 heterocycles. The van der Waals surface area contributed by atoms with Gasteiger partial charge in [0.2, 0.25) is 0 Å². The van der Waals surface area contributed by atoms with E-state index in [-0.39, 0.29) is 11.5 Å². The quantitative estimate of drug-likeness (QED) is 0.419. The third-order valence-electron chi connectivity index (χ3n) is 10.8. The van der Waals surface area contributed by atoms with E-state index in [1.165, 1.54) is 38.5 Å². The lowest BCUT2D eigenvalue weighted by molar-refractivity contribution is -0.138. The summed E-state index contributed by atoms with van der Waals surface area (Å²) in [6.45, 7) is 14.7. The molecule has 0 radical (unpaired) electrons. The van der Waals surface area contributed by atoms with Crippen molar-refractivity contribution in [1.29, 1.82) is 0 Å². The van der Waals surface area contributed by atoms with Crippen molar-refractivity contribution in [3.63, 3.8) is 0 Å². The molecule has 3 saturated carbocycles. The highest BCUT2D eigenvalue weighted by Crippen LogP contribution is 2.58. The zero-order valence-corrected chi connectivity index (χ0v) is 22.0. The van der Waals surface area contributed by atoms with Crippen molar-refractivity contribution in [3.8, 4) is 0 Å². The SMILES string of the molecule is CCC1C(C)C(C2(C)CCC(OCC3CCC(O)CC3)CCC2CC)CCC1(C)C(C)=O. The van der Waals surface area contributed by atoms with Gasteiger partial charge in [-0.3, -0.25) is 4.79 Å². The highest BCUT2D eigenvalue weighted by Gasteiger charge is 2.53. The summed E-state index contributed by atoms with van der Waals surface area (Å²) in [7, 11) is 0. The Kier molecular flexibility index (Phi) is 8.92. The standard InChI is InChI=1S/C29H52O3/c1-7-23-11-14-25(32-19-22-9-12-24(31)13-10-22)15-17-29(23,6)27-16-18-28(5,21(4)30)26(8-2)20(27)3/h20,22-27,31H,7-19H2,1-6H3. The normalized spacial score (nSPS) is 45.9. The van der Waals surface area contributed by atoms with Gasteiger partial charge in [0, 0.05) is 12.0 Å². The maximum absolute atomic E-state index is 12.6. The molecule has 0 amide bonds. The Morgan fingerprint density at radius 1 is 0.938 bits per heavy atom. The van der Waals surface area contributed by atoms with E-state index in [9.17, 15) is 9.90 Å². The average Bonchev–Trinajstić information content (AvgIpc) is 2.92. The molecule has 7 atom stereocenters. The van der Waals surface area contributed by atoms with Crippen LogP contribution in [0.25, 0.3) is 0 Å². The summed E-state index contributed by atoms with van der Waals surface area (Å²) in [6, 6.07) is 0. The van der Waals surface area contributed by atoms with E-state index in [1.807, 2.05) is 6.92 Å². The summed E-state index contributed by atoms with van der Waals surface area (Å²) in [5.41, 5.74) is 0.222. The number of ether oxygens (including phenoxy) is 1. The van der Waals surface area contributed by atoms with Crippen molar-refractivity contribution in [1.82, 2.24) is 0 Å². The molecule has 7 unspecified atom stereocenters. The minimum Gasteiger partial charge on any atom is -0.393 e. The lowest BCUT2D eigenvalue weighted by atomic mass is 9.49. The van der Waals surface area contributed by atoms with Crippen molar-refractivity contribution >= 4 is 5.78 Å². The lowest BCUT2D eigenvalue weighted by Crippen LogP contribution is -2.50. The number of carbonyl (C=O) groups is 1. The molecule has 0 aromatic heterocycles. The van der Waals surface area contributed by atoms with E-state index in [2.05, 4.69) is 34.6 Å². The number of rotatable bonds is 7. The molecule has 3 heteroatoms. The Labute approximate surface area is 198 Å².